The molecule has 0 aromatic heterocycles. The molecule has 0 bridgehead atoms. The third kappa shape index (κ3) is 5.86. The van der Waals surface area contributed by atoms with Gasteiger partial charge in [-0.2, -0.15) is 0 Å². The lowest BCUT2D eigenvalue weighted by Crippen LogP contribution is -2.49. The van der Waals surface area contributed by atoms with Crippen LogP contribution in [0.1, 0.15) is 39.2 Å². The summed E-state index contributed by atoms with van der Waals surface area (Å²) in [5, 5.41) is 2.97. The number of urea groups is 1. The molecule has 1 N–H and O–H groups in total. The Balaban J connectivity index is 1.43. The summed E-state index contributed by atoms with van der Waals surface area (Å²) in [5.74, 6) is 0. The summed E-state index contributed by atoms with van der Waals surface area (Å²) in [6, 6.07) is 8.02. The van der Waals surface area contributed by atoms with E-state index < -0.39 is 5.60 Å². The van der Waals surface area contributed by atoms with Crippen LogP contribution in [0, 0.1) is 0 Å². The molecule has 1 aromatic rings. The summed E-state index contributed by atoms with van der Waals surface area (Å²) in [4.78, 5) is 30.3. The Kier molecular flexibility index (Phi) is 6.44. The summed E-state index contributed by atoms with van der Waals surface area (Å²) in [6.45, 7) is 11.2. The van der Waals surface area contributed by atoms with Crippen LogP contribution in [0.2, 0.25) is 0 Å². The largest absolute Gasteiger partial charge is 0.444 e. The van der Waals surface area contributed by atoms with Crippen LogP contribution in [0.3, 0.4) is 0 Å². The van der Waals surface area contributed by atoms with Crippen molar-refractivity contribution in [1.29, 1.82) is 0 Å². The Morgan fingerprint density at radius 1 is 0.929 bits per heavy atom. The monoisotopic (exact) mass is 388 g/mol. The van der Waals surface area contributed by atoms with E-state index in [1.165, 1.54) is 5.56 Å². The minimum atomic E-state index is -0.458. The van der Waals surface area contributed by atoms with Crippen LogP contribution in [0.5, 0.6) is 0 Å². The first-order valence-corrected chi connectivity index (χ1v) is 10.2. The van der Waals surface area contributed by atoms with Crippen LogP contribution in [0.15, 0.2) is 24.3 Å². The van der Waals surface area contributed by atoms with Crippen molar-refractivity contribution in [3.8, 4) is 0 Å². The standard InChI is InChI=1S/C21H32N4O3/c1-21(2,3)28-20(27)25-14-12-23(13-15-25)16-17-6-8-18(9-7-17)22-19(26)24-10-4-5-11-24/h6-9H,4-5,10-16H2,1-3H3,(H,22,26). The third-order valence-corrected chi connectivity index (χ3v) is 5.03. The molecule has 0 aliphatic carbocycles. The molecule has 2 fully saturated rings. The topological polar surface area (TPSA) is 65.1 Å². The molecule has 1 aromatic carbocycles. The summed E-state index contributed by atoms with van der Waals surface area (Å²) in [7, 11) is 0. The molecule has 28 heavy (non-hydrogen) atoms. The van der Waals surface area contributed by atoms with Gasteiger partial charge in [-0.05, 0) is 51.3 Å². The summed E-state index contributed by atoms with van der Waals surface area (Å²) < 4.78 is 5.44. The molecule has 2 saturated heterocycles. The van der Waals surface area contributed by atoms with Crippen molar-refractivity contribution in [3.05, 3.63) is 29.8 Å². The van der Waals surface area contributed by atoms with Gasteiger partial charge in [-0.1, -0.05) is 12.1 Å². The molecule has 3 amide bonds. The van der Waals surface area contributed by atoms with Gasteiger partial charge < -0.3 is 19.9 Å². The highest BCUT2D eigenvalue weighted by atomic mass is 16.6. The molecule has 7 nitrogen and oxygen atoms in total. The lowest BCUT2D eigenvalue weighted by Gasteiger charge is -2.35. The minimum Gasteiger partial charge on any atom is -0.444 e. The van der Waals surface area contributed by atoms with Crippen LogP contribution in [0.25, 0.3) is 0 Å². The zero-order valence-corrected chi connectivity index (χ0v) is 17.2. The Bertz CT molecular complexity index is 670. The summed E-state index contributed by atoms with van der Waals surface area (Å²) >= 11 is 0. The fourth-order valence-corrected chi connectivity index (χ4v) is 3.49. The van der Waals surface area contributed by atoms with Gasteiger partial charge in [0, 0.05) is 51.5 Å². The minimum absolute atomic E-state index is 0.0106. The predicted molar refractivity (Wildman–Crippen MR) is 109 cm³/mol. The highest BCUT2D eigenvalue weighted by Gasteiger charge is 2.25. The number of hydrogen-bond donors (Lipinski definition) is 1. The van der Waals surface area contributed by atoms with E-state index in [9.17, 15) is 9.59 Å². The van der Waals surface area contributed by atoms with Gasteiger partial charge >= 0.3 is 12.1 Å². The van der Waals surface area contributed by atoms with Crippen molar-refractivity contribution in [3.63, 3.8) is 0 Å². The lowest BCUT2D eigenvalue weighted by atomic mass is 10.2. The molecule has 7 heteroatoms. The van der Waals surface area contributed by atoms with Crippen LogP contribution in [-0.4, -0.2) is 71.7 Å². The summed E-state index contributed by atoms with van der Waals surface area (Å²) in [5.41, 5.74) is 1.57. The van der Waals surface area contributed by atoms with Gasteiger partial charge in [-0.3, -0.25) is 4.90 Å². The van der Waals surface area contributed by atoms with Crippen LogP contribution in [0.4, 0.5) is 15.3 Å². The van der Waals surface area contributed by atoms with Gasteiger partial charge in [0.25, 0.3) is 0 Å². The van der Waals surface area contributed by atoms with Gasteiger partial charge in [0.1, 0.15) is 5.60 Å². The number of carbonyl (C=O) groups is 2. The van der Waals surface area contributed by atoms with Crippen molar-refractivity contribution in [2.45, 2.75) is 45.8 Å². The fourth-order valence-electron chi connectivity index (χ4n) is 3.49. The predicted octanol–water partition coefficient (Wildman–Crippen LogP) is 3.37. The molecule has 2 aliphatic rings. The molecule has 0 saturated carbocycles. The Morgan fingerprint density at radius 3 is 2.11 bits per heavy atom. The summed E-state index contributed by atoms with van der Waals surface area (Å²) in [6.07, 6.45) is 1.95. The van der Waals surface area contributed by atoms with Gasteiger partial charge in [-0.15, -0.1) is 0 Å². The Hall–Kier alpha value is -2.28. The van der Waals surface area contributed by atoms with Crippen molar-refractivity contribution >= 4 is 17.8 Å². The molecule has 0 unspecified atom stereocenters. The fraction of sp³-hybridized carbons (Fsp3) is 0.619. The molecule has 0 radical (unpaired) electrons. The van der Waals surface area contributed by atoms with Gasteiger partial charge in [0.15, 0.2) is 0 Å². The van der Waals surface area contributed by atoms with Crippen molar-refractivity contribution < 1.29 is 14.3 Å². The van der Waals surface area contributed by atoms with Gasteiger partial charge in [-0.25, -0.2) is 9.59 Å². The smallest absolute Gasteiger partial charge is 0.410 e. The number of hydrogen-bond acceptors (Lipinski definition) is 4. The van der Waals surface area contributed by atoms with Crippen LogP contribution < -0.4 is 5.32 Å². The van der Waals surface area contributed by atoms with Crippen LogP contribution in [-0.2, 0) is 11.3 Å². The molecule has 2 aliphatic heterocycles. The van der Waals surface area contributed by atoms with E-state index in [0.29, 0.717) is 13.1 Å². The van der Waals surface area contributed by atoms with E-state index in [1.807, 2.05) is 37.8 Å². The van der Waals surface area contributed by atoms with Crippen molar-refractivity contribution in [1.82, 2.24) is 14.7 Å². The number of piperazine rings is 1. The first kappa shape index (κ1) is 20.5. The second-order valence-electron chi connectivity index (χ2n) is 8.56. The number of amides is 3. The number of nitrogens with zero attached hydrogens (tertiary/aromatic N) is 3. The van der Waals surface area contributed by atoms with Gasteiger partial charge in [0.2, 0.25) is 0 Å². The molecule has 0 atom stereocenters. The quantitative estimate of drug-likeness (QED) is 0.862. The number of rotatable bonds is 3. The molecule has 154 valence electrons. The average molecular weight is 389 g/mol. The van der Waals surface area contributed by atoms with E-state index in [-0.39, 0.29) is 12.1 Å². The normalized spacial score (nSPS) is 18.2. The number of likely N-dealkylation sites (tertiary alicyclic amines) is 1. The van der Waals surface area contributed by atoms with E-state index in [1.54, 1.807) is 4.90 Å². The average Bonchev–Trinajstić information content (AvgIpc) is 3.17. The highest BCUT2D eigenvalue weighted by Crippen LogP contribution is 2.16. The van der Waals surface area contributed by atoms with E-state index in [2.05, 4.69) is 22.3 Å². The number of anilines is 1. The maximum atomic E-state index is 12.2. The molecule has 2 heterocycles. The van der Waals surface area contributed by atoms with E-state index in [4.69, 9.17) is 4.74 Å². The molecule has 3 rings (SSSR count). The van der Waals surface area contributed by atoms with E-state index >= 15 is 0 Å². The number of carbonyl (C=O) groups excluding carboxylic acids is 2. The van der Waals surface area contributed by atoms with Crippen molar-refractivity contribution in [2.24, 2.45) is 0 Å². The Morgan fingerprint density at radius 2 is 1.54 bits per heavy atom. The Labute approximate surface area is 167 Å². The first-order valence-electron chi connectivity index (χ1n) is 10.2. The molecule has 0 spiro atoms. The zero-order chi connectivity index (χ0) is 20.1. The number of benzene rings is 1. The van der Waals surface area contributed by atoms with E-state index in [0.717, 1.165) is 51.3 Å². The second-order valence-corrected chi connectivity index (χ2v) is 8.56. The third-order valence-electron chi connectivity index (χ3n) is 5.03. The zero-order valence-electron chi connectivity index (χ0n) is 17.2. The maximum Gasteiger partial charge on any atom is 0.410 e. The van der Waals surface area contributed by atoms with Crippen LogP contribution >= 0.6 is 0 Å². The maximum absolute atomic E-state index is 12.2. The SMILES string of the molecule is CC(C)(C)OC(=O)N1CCN(Cc2ccc(NC(=O)N3CCCC3)cc2)CC1. The first-order chi connectivity index (χ1) is 13.3. The highest BCUT2D eigenvalue weighted by molar-refractivity contribution is 5.89. The second kappa shape index (κ2) is 8.82. The lowest BCUT2D eigenvalue weighted by molar-refractivity contribution is 0.0139. The number of ether oxygens (including phenoxy) is 1. The van der Waals surface area contributed by atoms with Crippen molar-refractivity contribution in [2.75, 3.05) is 44.6 Å². The molecular formula is C21H32N4O3. The molecular weight excluding hydrogens is 356 g/mol. The van der Waals surface area contributed by atoms with Gasteiger partial charge in [0.05, 0.1) is 0 Å². The number of nitrogens with one attached hydrogen (secondary N) is 1.